The van der Waals surface area contributed by atoms with Crippen molar-refractivity contribution in [2.45, 2.75) is 57.3 Å². The summed E-state index contributed by atoms with van der Waals surface area (Å²) in [5.74, 6) is -3.52. The first-order valence-corrected chi connectivity index (χ1v) is 13.1. The zero-order chi connectivity index (χ0) is 29.1. The highest BCUT2D eigenvalue weighted by Crippen LogP contribution is 2.14. The van der Waals surface area contributed by atoms with Gasteiger partial charge in [-0.2, -0.15) is 12.6 Å². The van der Waals surface area contributed by atoms with E-state index in [9.17, 15) is 34.5 Å². The highest BCUT2D eigenvalue weighted by Gasteiger charge is 2.32. The standard InChI is InChI=1S/C27H36N4O7S/c1-3-15(2)23(26(36)29-21(27(37)38)13-17-6-10-19(33)11-7-17)31-25(35)22(14-39)30-24(34)20(28)12-16-4-8-18(32)9-5-16/h4-11,15,20-23,32-33,39H,3,12-14,28H2,1-2H3,(H,29,36)(H,30,34)(H,31,35)(H,37,38). The van der Waals surface area contributed by atoms with Crippen LogP contribution in [0.5, 0.6) is 11.5 Å². The van der Waals surface area contributed by atoms with Crippen LogP contribution in [-0.4, -0.2) is 68.9 Å². The first-order valence-electron chi connectivity index (χ1n) is 12.5. The topological polar surface area (TPSA) is 191 Å². The van der Waals surface area contributed by atoms with Crippen molar-refractivity contribution in [1.29, 1.82) is 0 Å². The number of carbonyl (C=O) groups is 4. The van der Waals surface area contributed by atoms with Crippen molar-refractivity contribution >= 4 is 36.3 Å². The number of nitrogens with two attached hydrogens (primary N) is 1. The van der Waals surface area contributed by atoms with Crippen LogP contribution in [0.15, 0.2) is 48.5 Å². The molecule has 212 valence electrons. The Morgan fingerprint density at radius 3 is 1.74 bits per heavy atom. The van der Waals surface area contributed by atoms with Crippen molar-refractivity contribution in [3.63, 3.8) is 0 Å². The molecule has 0 radical (unpaired) electrons. The number of phenolic OH excluding ortho intramolecular Hbond substituents is 2. The molecule has 0 aliphatic carbocycles. The summed E-state index contributed by atoms with van der Waals surface area (Å²) in [5.41, 5.74) is 7.31. The third-order valence-electron chi connectivity index (χ3n) is 6.33. The van der Waals surface area contributed by atoms with Crippen LogP contribution in [0.3, 0.4) is 0 Å². The minimum Gasteiger partial charge on any atom is -0.508 e. The van der Waals surface area contributed by atoms with Crippen LogP contribution in [0, 0.1) is 5.92 Å². The average molecular weight is 561 g/mol. The molecule has 0 saturated carbocycles. The fourth-order valence-corrected chi connectivity index (χ4v) is 3.99. The van der Waals surface area contributed by atoms with Crippen molar-refractivity contribution in [3.8, 4) is 11.5 Å². The number of rotatable bonds is 14. The Hall–Kier alpha value is -3.77. The maximum atomic E-state index is 13.1. The van der Waals surface area contributed by atoms with Gasteiger partial charge in [0.2, 0.25) is 17.7 Å². The molecule has 5 atom stereocenters. The van der Waals surface area contributed by atoms with Crippen molar-refractivity contribution in [1.82, 2.24) is 16.0 Å². The first kappa shape index (κ1) is 31.4. The van der Waals surface area contributed by atoms with Crippen LogP contribution in [0.4, 0.5) is 0 Å². The van der Waals surface area contributed by atoms with Crippen molar-refractivity contribution in [2.75, 3.05) is 5.75 Å². The second-order valence-corrected chi connectivity index (χ2v) is 9.73. The monoisotopic (exact) mass is 560 g/mol. The largest absolute Gasteiger partial charge is 0.508 e. The summed E-state index contributed by atoms with van der Waals surface area (Å²) in [4.78, 5) is 50.7. The van der Waals surface area contributed by atoms with E-state index in [1.54, 1.807) is 31.2 Å². The molecule has 2 aromatic rings. The second-order valence-electron chi connectivity index (χ2n) is 9.36. The minimum absolute atomic E-state index is 0.0290. The number of benzene rings is 2. The Balaban J connectivity index is 2.06. The van der Waals surface area contributed by atoms with E-state index >= 15 is 0 Å². The number of aromatic hydroxyl groups is 2. The van der Waals surface area contributed by atoms with Gasteiger partial charge in [0.15, 0.2) is 0 Å². The van der Waals surface area contributed by atoms with Gasteiger partial charge in [0, 0.05) is 12.2 Å². The number of hydrogen-bond acceptors (Lipinski definition) is 8. The summed E-state index contributed by atoms with van der Waals surface area (Å²) in [5, 5.41) is 36.2. The van der Waals surface area contributed by atoms with E-state index in [-0.39, 0.29) is 36.0 Å². The molecule has 12 heteroatoms. The van der Waals surface area contributed by atoms with Gasteiger partial charge in [0.1, 0.15) is 29.6 Å². The lowest BCUT2D eigenvalue weighted by atomic mass is 9.97. The third kappa shape index (κ3) is 9.80. The number of thiol groups is 1. The van der Waals surface area contributed by atoms with Gasteiger partial charge in [-0.15, -0.1) is 0 Å². The number of phenols is 2. The van der Waals surface area contributed by atoms with Crippen molar-refractivity contribution < 1.29 is 34.5 Å². The van der Waals surface area contributed by atoms with E-state index < -0.39 is 47.9 Å². The van der Waals surface area contributed by atoms with Gasteiger partial charge in [-0.05, 0) is 47.7 Å². The van der Waals surface area contributed by atoms with E-state index in [1.807, 2.05) is 6.92 Å². The highest BCUT2D eigenvalue weighted by atomic mass is 32.1. The number of carboxylic acid groups (broad SMARTS) is 1. The number of amides is 3. The molecule has 8 N–H and O–H groups in total. The molecule has 0 spiro atoms. The zero-order valence-corrected chi connectivity index (χ0v) is 22.7. The summed E-state index contributed by atoms with van der Waals surface area (Å²) in [6.07, 6.45) is 0.642. The number of hydrogen-bond donors (Lipinski definition) is 8. The van der Waals surface area contributed by atoms with Gasteiger partial charge >= 0.3 is 5.97 Å². The third-order valence-corrected chi connectivity index (χ3v) is 6.69. The molecule has 0 fully saturated rings. The van der Waals surface area contributed by atoms with Crippen LogP contribution in [0.1, 0.15) is 31.4 Å². The molecule has 0 aromatic heterocycles. The van der Waals surface area contributed by atoms with E-state index in [2.05, 4.69) is 28.6 Å². The number of carbonyl (C=O) groups excluding carboxylic acids is 3. The summed E-state index contributed by atoms with van der Waals surface area (Å²) in [7, 11) is 0. The van der Waals surface area contributed by atoms with Crippen molar-refractivity contribution in [2.24, 2.45) is 11.7 Å². The molecule has 5 unspecified atom stereocenters. The summed E-state index contributed by atoms with van der Waals surface area (Å²) in [6.45, 7) is 3.56. The highest BCUT2D eigenvalue weighted by molar-refractivity contribution is 7.80. The molecule has 39 heavy (non-hydrogen) atoms. The lowest BCUT2D eigenvalue weighted by Gasteiger charge is -2.27. The summed E-state index contributed by atoms with van der Waals surface area (Å²) < 4.78 is 0. The van der Waals surface area contributed by atoms with Gasteiger partial charge in [-0.1, -0.05) is 44.5 Å². The average Bonchev–Trinajstić information content (AvgIpc) is 2.91. The molecule has 0 heterocycles. The van der Waals surface area contributed by atoms with E-state index in [0.29, 0.717) is 12.0 Å². The van der Waals surface area contributed by atoms with Gasteiger partial charge < -0.3 is 37.0 Å². The van der Waals surface area contributed by atoms with Gasteiger partial charge in [-0.25, -0.2) is 4.79 Å². The Morgan fingerprint density at radius 1 is 0.795 bits per heavy atom. The molecular weight excluding hydrogens is 524 g/mol. The fraction of sp³-hybridized carbons (Fsp3) is 0.407. The van der Waals surface area contributed by atoms with Gasteiger partial charge in [0.25, 0.3) is 0 Å². The fourth-order valence-electron chi connectivity index (χ4n) is 3.74. The maximum Gasteiger partial charge on any atom is 0.326 e. The minimum atomic E-state index is -1.27. The summed E-state index contributed by atoms with van der Waals surface area (Å²) in [6, 6.07) is 7.73. The molecule has 2 aromatic carbocycles. The lowest BCUT2D eigenvalue weighted by molar-refractivity contribution is -0.142. The van der Waals surface area contributed by atoms with E-state index in [1.165, 1.54) is 24.3 Å². The molecule has 3 amide bonds. The smallest absolute Gasteiger partial charge is 0.326 e. The molecule has 0 saturated heterocycles. The number of nitrogens with one attached hydrogen (secondary N) is 3. The van der Waals surface area contributed by atoms with Crippen LogP contribution < -0.4 is 21.7 Å². The second kappa shape index (κ2) is 15.0. The maximum absolute atomic E-state index is 13.1. The SMILES string of the molecule is CCC(C)C(NC(=O)C(CS)NC(=O)C(N)Cc1ccc(O)cc1)C(=O)NC(Cc1ccc(O)cc1)C(=O)O. The number of carboxylic acids is 1. The Labute approximate surface area is 232 Å². The molecule has 0 aliphatic rings. The Kier molecular flexibility index (Phi) is 12.1. The molecular formula is C27H36N4O7S. The van der Waals surface area contributed by atoms with E-state index in [0.717, 1.165) is 5.56 Å². The predicted molar refractivity (Wildman–Crippen MR) is 148 cm³/mol. The van der Waals surface area contributed by atoms with Crippen LogP contribution in [-0.2, 0) is 32.0 Å². The Bertz CT molecular complexity index is 1130. The quantitative estimate of drug-likeness (QED) is 0.155. The van der Waals surface area contributed by atoms with E-state index in [4.69, 9.17) is 5.73 Å². The van der Waals surface area contributed by atoms with Crippen LogP contribution in [0.2, 0.25) is 0 Å². The van der Waals surface area contributed by atoms with Crippen LogP contribution in [0.25, 0.3) is 0 Å². The van der Waals surface area contributed by atoms with Gasteiger partial charge in [-0.3, -0.25) is 14.4 Å². The first-order chi connectivity index (χ1) is 18.4. The molecule has 0 bridgehead atoms. The van der Waals surface area contributed by atoms with Crippen LogP contribution >= 0.6 is 12.6 Å². The zero-order valence-electron chi connectivity index (χ0n) is 21.8. The lowest BCUT2D eigenvalue weighted by Crippen LogP contribution is -2.59. The molecule has 11 nitrogen and oxygen atoms in total. The summed E-state index contributed by atoms with van der Waals surface area (Å²) >= 11 is 4.16. The normalized spacial score (nSPS) is 14.8. The molecule has 2 rings (SSSR count). The number of aliphatic carboxylic acids is 1. The van der Waals surface area contributed by atoms with Crippen molar-refractivity contribution in [3.05, 3.63) is 59.7 Å². The van der Waals surface area contributed by atoms with Gasteiger partial charge in [0.05, 0.1) is 6.04 Å². The molecule has 0 aliphatic heterocycles. The Morgan fingerprint density at radius 2 is 1.28 bits per heavy atom. The predicted octanol–water partition coefficient (Wildman–Crippen LogP) is 0.725.